The van der Waals surface area contributed by atoms with Crippen molar-refractivity contribution in [2.45, 2.75) is 6.42 Å². The molecular formula is C14H18ClN5O3S2. The molecule has 2 aliphatic heterocycles. The van der Waals surface area contributed by atoms with E-state index in [9.17, 15) is 8.42 Å². The Balaban J connectivity index is 1.63. The number of nitrogens with one attached hydrogen (secondary N) is 1. The van der Waals surface area contributed by atoms with Crippen LogP contribution in [-0.2, 0) is 10.0 Å². The van der Waals surface area contributed by atoms with E-state index in [1.165, 1.54) is 10.6 Å². The first-order chi connectivity index (χ1) is 11.8. The first kappa shape index (κ1) is 18.3. The Morgan fingerprint density at radius 2 is 2.12 bits per heavy atom. The summed E-state index contributed by atoms with van der Waals surface area (Å²) < 4.78 is 30.1. The molecule has 1 fully saturated rings. The van der Waals surface area contributed by atoms with Crippen LogP contribution in [-0.4, -0.2) is 72.5 Å². The van der Waals surface area contributed by atoms with Crippen LogP contribution in [0.25, 0.3) is 0 Å². The summed E-state index contributed by atoms with van der Waals surface area (Å²) in [6, 6.07) is 1.71. The lowest BCUT2D eigenvalue weighted by Crippen LogP contribution is -2.52. The number of halogens is 1. The Morgan fingerprint density at radius 3 is 2.80 bits per heavy atom. The Morgan fingerprint density at radius 1 is 1.40 bits per heavy atom. The molecule has 3 rings (SSSR count). The molecule has 0 bridgehead atoms. The maximum absolute atomic E-state index is 11.5. The number of hydrogen-bond acceptors (Lipinski definition) is 6. The highest BCUT2D eigenvalue weighted by molar-refractivity contribution is 7.88. The van der Waals surface area contributed by atoms with Gasteiger partial charge in [-0.2, -0.15) is 9.41 Å². The van der Waals surface area contributed by atoms with Crippen molar-refractivity contribution < 1.29 is 13.2 Å². The monoisotopic (exact) mass is 403 g/mol. The van der Waals surface area contributed by atoms with Gasteiger partial charge in [0.25, 0.3) is 0 Å². The first-order valence-corrected chi connectivity index (χ1v) is 10.3. The van der Waals surface area contributed by atoms with Gasteiger partial charge in [0.05, 0.1) is 23.6 Å². The number of sulfonamides is 1. The molecule has 1 aromatic heterocycles. The van der Waals surface area contributed by atoms with Gasteiger partial charge in [-0.1, -0.05) is 11.6 Å². The van der Waals surface area contributed by atoms with Crippen molar-refractivity contribution in [3.8, 4) is 5.75 Å². The lowest BCUT2D eigenvalue weighted by atomic mass is 10.1. The molecule has 0 unspecified atom stereocenters. The molecule has 0 aromatic carbocycles. The molecule has 0 amide bonds. The minimum atomic E-state index is -3.16. The molecule has 0 saturated carbocycles. The molecule has 11 heteroatoms. The molecule has 0 spiro atoms. The van der Waals surface area contributed by atoms with Gasteiger partial charge in [-0.05, 0) is 12.2 Å². The molecule has 0 radical (unpaired) electrons. The standard InChI is InChI=1S/C14H18ClN5O3S2/c1-25(21,22)20-5-3-19(4-6-20)14(24)18-17-11-2-7-23-12-8-10(15)9-16-13(11)12/h8-9H,2-7H2,1H3,(H,18,24)/b17-11-. The van der Waals surface area contributed by atoms with Crippen molar-refractivity contribution in [1.82, 2.24) is 19.6 Å². The number of piperazine rings is 1. The molecule has 0 aliphatic carbocycles. The maximum atomic E-state index is 11.5. The van der Waals surface area contributed by atoms with Crippen molar-refractivity contribution in [1.29, 1.82) is 0 Å². The summed E-state index contributed by atoms with van der Waals surface area (Å²) in [5, 5.41) is 5.33. The number of hydrogen-bond donors (Lipinski definition) is 1. The van der Waals surface area contributed by atoms with Crippen LogP contribution in [0, 0.1) is 0 Å². The largest absolute Gasteiger partial charge is 0.491 e. The third-order valence-corrected chi connectivity index (χ3v) is 5.83. The van der Waals surface area contributed by atoms with Crippen LogP contribution in [0.15, 0.2) is 17.4 Å². The van der Waals surface area contributed by atoms with Gasteiger partial charge in [0.15, 0.2) is 5.11 Å². The number of ether oxygens (including phenoxy) is 1. The number of nitrogens with zero attached hydrogens (tertiary/aromatic N) is 4. The van der Waals surface area contributed by atoms with Gasteiger partial charge in [0.1, 0.15) is 11.4 Å². The zero-order valence-electron chi connectivity index (χ0n) is 13.6. The van der Waals surface area contributed by atoms with E-state index >= 15 is 0 Å². The SMILES string of the molecule is CS(=O)(=O)N1CCN(C(=S)N/N=C2/CCOc3cc(Cl)cnc32)CC1. The van der Waals surface area contributed by atoms with Crippen LogP contribution in [0.1, 0.15) is 12.1 Å². The maximum Gasteiger partial charge on any atom is 0.211 e. The highest BCUT2D eigenvalue weighted by atomic mass is 35.5. The number of hydrazone groups is 1. The molecule has 1 saturated heterocycles. The van der Waals surface area contributed by atoms with Gasteiger partial charge in [0, 0.05) is 44.9 Å². The summed E-state index contributed by atoms with van der Waals surface area (Å²) in [5.74, 6) is 0.604. The first-order valence-electron chi connectivity index (χ1n) is 7.70. The second-order valence-electron chi connectivity index (χ2n) is 5.72. The van der Waals surface area contributed by atoms with Crippen LogP contribution >= 0.6 is 23.8 Å². The van der Waals surface area contributed by atoms with Gasteiger partial charge in [-0.25, -0.2) is 13.4 Å². The minimum absolute atomic E-state index is 0.411. The smallest absolute Gasteiger partial charge is 0.211 e. The second-order valence-corrected chi connectivity index (χ2v) is 8.53. The fraction of sp³-hybridized carbons (Fsp3) is 0.500. The van der Waals surface area contributed by atoms with Gasteiger partial charge in [-0.15, -0.1) is 0 Å². The zero-order chi connectivity index (χ0) is 18.0. The topological polar surface area (TPSA) is 87.1 Å². The highest BCUT2D eigenvalue weighted by Crippen LogP contribution is 2.25. The van der Waals surface area contributed by atoms with E-state index in [0.717, 1.165) is 5.71 Å². The Kier molecular flexibility index (Phi) is 5.42. The van der Waals surface area contributed by atoms with E-state index in [1.807, 2.05) is 4.90 Å². The molecule has 3 heterocycles. The van der Waals surface area contributed by atoms with E-state index in [2.05, 4.69) is 15.5 Å². The van der Waals surface area contributed by atoms with Crippen molar-refractivity contribution in [3.63, 3.8) is 0 Å². The predicted octanol–water partition coefficient (Wildman–Crippen LogP) is 0.673. The fourth-order valence-corrected chi connectivity index (χ4v) is 3.84. The number of rotatable bonds is 2. The van der Waals surface area contributed by atoms with E-state index in [4.69, 9.17) is 28.6 Å². The molecule has 0 atom stereocenters. The summed E-state index contributed by atoms with van der Waals surface area (Å²) in [6.07, 6.45) is 3.37. The molecule has 8 nitrogen and oxygen atoms in total. The molecule has 1 aromatic rings. The van der Waals surface area contributed by atoms with Gasteiger partial charge >= 0.3 is 0 Å². The third-order valence-electron chi connectivity index (χ3n) is 3.97. The van der Waals surface area contributed by atoms with E-state index in [1.54, 1.807) is 12.3 Å². The summed E-state index contributed by atoms with van der Waals surface area (Å²) in [5.41, 5.74) is 4.27. The minimum Gasteiger partial charge on any atom is -0.491 e. The number of fused-ring (bicyclic) bond motifs is 1. The van der Waals surface area contributed by atoms with Gasteiger partial charge in [0.2, 0.25) is 10.0 Å². The average Bonchev–Trinajstić information content (AvgIpc) is 2.58. The van der Waals surface area contributed by atoms with Crippen LogP contribution in [0.3, 0.4) is 0 Å². The Labute approximate surface area is 156 Å². The van der Waals surface area contributed by atoms with E-state index in [0.29, 0.717) is 60.8 Å². The quantitative estimate of drug-likeness (QED) is 0.573. The normalized spacial score (nSPS) is 20.1. The molecule has 2 aliphatic rings. The third kappa shape index (κ3) is 4.38. The van der Waals surface area contributed by atoms with Gasteiger partial charge in [-0.3, -0.25) is 5.43 Å². The predicted molar refractivity (Wildman–Crippen MR) is 99.6 cm³/mol. The number of pyridine rings is 1. The van der Waals surface area contributed by atoms with Crippen LogP contribution < -0.4 is 10.2 Å². The summed E-state index contributed by atoms with van der Waals surface area (Å²) >= 11 is 11.3. The summed E-state index contributed by atoms with van der Waals surface area (Å²) in [6.45, 7) is 2.37. The van der Waals surface area contributed by atoms with Crippen LogP contribution in [0.2, 0.25) is 5.02 Å². The van der Waals surface area contributed by atoms with E-state index < -0.39 is 10.0 Å². The van der Waals surface area contributed by atoms with Crippen molar-refractivity contribution >= 4 is 44.7 Å². The molecule has 1 N–H and O–H groups in total. The number of thiocarbonyl (C=S) groups is 1. The zero-order valence-corrected chi connectivity index (χ0v) is 16.0. The Hall–Kier alpha value is -1.49. The highest BCUT2D eigenvalue weighted by Gasteiger charge is 2.25. The van der Waals surface area contributed by atoms with Crippen LogP contribution in [0.4, 0.5) is 0 Å². The van der Waals surface area contributed by atoms with Crippen LogP contribution in [0.5, 0.6) is 5.75 Å². The van der Waals surface area contributed by atoms with Crippen molar-refractivity contribution in [2.24, 2.45) is 5.10 Å². The molecular weight excluding hydrogens is 386 g/mol. The van der Waals surface area contributed by atoms with Gasteiger partial charge < -0.3 is 9.64 Å². The van der Waals surface area contributed by atoms with Crippen molar-refractivity contribution in [2.75, 3.05) is 39.0 Å². The molecule has 136 valence electrons. The van der Waals surface area contributed by atoms with Crippen molar-refractivity contribution in [3.05, 3.63) is 23.0 Å². The van der Waals surface area contributed by atoms with E-state index in [-0.39, 0.29) is 0 Å². The average molecular weight is 404 g/mol. The second kappa shape index (κ2) is 7.40. The summed E-state index contributed by atoms with van der Waals surface area (Å²) in [7, 11) is -3.16. The lowest BCUT2D eigenvalue weighted by molar-refractivity contribution is 0.265. The summed E-state index contributed by atoms with van der Waals surface area (Å²) in [4.78, 5) is 6.17. The fourth-order valence-electron chi connectivity index (χ4n) is 2.64. The number of aromatic nitrogens is 1. The molecule has 25 heavy (non-hydrogen) atoms. The Bertz CT molecular complexity index is 807. The lowest BCUT2D eigenvalue weighted by Gasteiger charge is -2.34.